The smallest absolute Gasteiger partial charge is 0.307 e. The zero-order valence-corrected chi connectivity index (χ0v) is 9.88. The second-order valence-electron chi connectivity index (χ2n) is 2.11. The van der Waals surface area contributed by atoms with E-state index < -0.39 is 0 Å². The van der Waals surface area contributed by atoms with Crippen molar-refractivity contribution >= 4 is 26.4 Å². The van der Waals surface area contributed by atoms with Crippen LogP contribution in [0.1, 0.15) is 0 Å². The minimum absolute atomic E-state index is 0. The molecule has 0 radical (unpaired) electrons. The molecule has 1 aliphatic heterocycles. The van der Waals surface area contributed by atoms with Gasteiger partial charge in [0.1, 0.15) is 13.1 Å². The Morgan fingerprint density at radius 2 is 2.22 bits per heavy atom. The molecule has 1 aliphatic rings. The highest BCUT2D eigenvalue weighted by Gasteiger charge is 2.20. The summed E-state index contributed by atoms with van der Waals surface area (Å²) in [5.41, 5.74) is 0. The molecule has 0 spiro atoms. The molecule has 0 amide bonds. The molecule has 0 saturated carbocycles. The van der Waals surface area contributed by atoms with Crippen molar-refractivity contribution in [2.75, 3.05) is 27.2 Å². The summed E-state index contributed by atoms with van der Waals surface area (Å²) < 4.78 is 3.60. The number of rotatable bonds is 0. The van der Waals surface area contributed by atoms with Gasteiger partial charge in [-0.05, 0) is 0 Å². The third-order valence-electron chi connectivity index (χ3n) is 1.40. The van der Waals surface area contributed by atoms with Crippen LogP contribution < -0.4 is 24.0 Å². The third-order valence-corrected chi connectivity index (χ3v) is 3.05. The van der Waals surface area contributed by atoms with E-state index >= 15 is 0 Å². The van der Waals surface area contributed by atoms with Crippen LogP contribution in [0, 0.1) is 0 Å². The SMILES string of the molecule is CN1CC[N+](C)=C1I.[I-]. The predicted molar refractivity (Wildman–Crippen MR) is 42.7 cm³/mol. The summed E-state index contributed by atoms with van der Waals surface area (Å²) in [6.45, 7) is 2.35. The van der Waals surface area contributed by atoms with E-state index in [2.05, 4.69) is 46.2 Å². The van der Waals surface area contributed by atoms with E-state index in [0.717, 1.165) is 0 Å². The molecule has 1 rings (SSSR count). The monoisotopic (exact) mass is 352 g/mol. The first-order valence-electron chi connectivity index (χ1n) is 2.66. The van der Waals surface area contributed by atoms with Crippen molar-refractivity contribution < 1.29 is 28.6 Å². The van der Waals surface area contributed by atoms with E-state index in [-0.39, 0.29) is 24.0 Å². The van der Waals surface area contributed by atoms with Crippen LogP contribution in [-0.4, -0.2) is 40.5 Å². The standard InChI is InChI=1S/C5H10IN2.HI/c1-7-3-4-8(2)5(7)6;/h3-4H2,1-2H3;1H/q+1;/p-1. The summed E-state index contributed by atoms with van der Waals surface area (Å²) in [4.78, 5) is 2.25. The number of halogens is 2. The Labute approximate surface area is 86.5 Å². The lowest BCUT2D eigenvalue weighted by Crippen LogP contribution is -3.00. The van der Waals surface area contributed by atoms with Crippen molar-refractivity contribution in [1.29, 1.82) is 0 Å². The van der Waals surface area contributed by atoms with Gasteiger partial charge < -0.3 is 24.0 Å². The van der Waals surface area contributed by atoms with Crippen LogP contribution in [-0.2, 0) is 0 Å². The molecule has 1 heterocycles. The average molecular weight is 352 g/mol. The van der Waals surface area contributed by atoms with Crippen molar-refractivity contribution in [3.05, 3.63) is 0 Å². The van der Waals surface area contributed by atoms with Crippen LogP contribution in [0.15, 0.2) is 0 Å². The van der Waals surface area contributed by atoms with E-state index in [4.69, 9.17) is 0 Å². The van der Waals surface area contributed by atoms with E-state index in [9.17, 15) is 0 Å². The van der Waals surface area contributed by atoms with Gasteiger partial charge in [-0.2, -0.15) is 0 Å². The topological polar surface area (TPSA) is 6.25 Å². The van der Waals surface area contributed by atoms with Gasteiger partial charge in [-0.1, -0.05) is 0 Å². The molecule has 0 unspecified atom stereocenters. The molecule has 54 valence electrons. The van der Waals surface area contributed by atoms with Crippen molar-refractivity contribution in [2.24, 2.45) is 0 Å². The van der Waals surface area contributed by atoms with Crippen LogP contribution in [0.3, 0.4) is 0 Å². The minimum Gasteiger partial charge on any atom is -1.00 e. The Kier molecular flexibility index (Phi) is 4.35. The van der Waals surface area contributed by atoms with Crippen molar-refractivity contribution in [3.8, 4) is 0 Å². The maximum absolute atomic E-state index is 2.35. The van der Waals surface area contributed by atoms with Crippen molar-refractivity contribution in [3.63, 3.8) is 0 Å². The lowest BCUT2D eigenvalue weighted by Gasteiger charge is -1.96. The molecule has 0 fully saturated rings. The number of nitrogens with zero attached hydrogens (tertiary/aromatic N) is 2. The highest BCUT2D eigenvalue weighted by atomic mass is 127. The first-order valence-corrected chi connectivity index (χ1v) is 3.74. The molecule has 0 atom stereocenters. The zero-order chi connectivity index (χ0) is 6.15. The van der Waals surface area contributed by atoms with Crippen LogP contribution >= 0.6 is 22.6 Å². The molecule has 4 heteroatoms. The van der Waals surface area contributed by atoms with Gasteiger partial charge in [0.25, 0.3) is 0 Å². The predicted octanol–water partition coefficient (Wildman–Crippen LogP) is -2.63. The van der Waals surface area contributed by atoms with Crippen molar-refractivity contribution in [1.82, 2.24) is 4.90 Å². The maximum Gasteiger partial charge on any atom is 0.307 e. The summed E-state index contributed by atoms with van der Waals surface area (Å²) in [7, 11) is 4.23. The van der Waals surface area contributed by atoms with Crippen molar-refractivity contribution in [2.45, 2.75) is 0 Å². The van der Waals surface area contributed by atoms with E-state index in [1.807, 2.05) is 0 Å². The van der Waals surface area contributed by atoms with Gasteiger partial charge in [0.15, 0.2) is 0 Å². The molecule has 0 aliphatic carbocycles. The summed E-state index contributed by atoms with van der Waals surface area (Å²) in [5.74, 6) is 0. The van der Waals surface area contributed by atoms with Gasteiger partial charge in [0, 0.05) is 0 Å². The summed E-state index contributed by atoms with van der Waals surface area (Å²) in [5, 5.41) is 0. The molecule has 0 N–H and O–H groups in total. The molecule has 0 bridgehead atoms. The molecular formula is C5H10I2N2. The second-order valence-corrected chi connectivity index (χ2v) is 3.08. The quantitative estimate of drug-likeness (QED) is 0.263. The number of likely N-dealkylation sites (N-methyl/N-ethyl adjacent to an activating group) is 2. The van der Waals surface area contributed by atoms with Crippen LogP contribution in [0.25, 0.3) is 0 Å². The molecule has 9 heavy (non-hydrogen) atoms. The summed E-state index contributed by atoms with van der Waals surface area (Å²) >= 11 is 2.35. The van der Waals surface area contributed by atoms with E-state index in [1.165, 1.54) is 16.9 Å². The van der Waals surface area contributed by atoms with Gasteiger partial charge in [-0.3, -0.25) is 9.48 Å². The van der Waals surface area contributed by atoms with Crippen LogP contribution in [0.5, 0.6) is 0 Å². The Balaban J connectivity index is 0.000000640. The van der Waals surface area contributed by atoms with E-state index in [1.54, 1.807) is 0 Å². The molecule has 0 aromatic heterocycles. The van der Waals surface area contributed by atoms with Gasteiger partial charge in [0.05, 0.1) is 36.7 Å². The normalized spacial score (nSPS) is 18.3. The van der Waals surface area contributed by atoms with Crippen LogP contribution in [0.2, 0.25) is 0 Å². The minimum atomic E-state index is 0. The molecule has 0 aromatic carbocycles. The van der Waals surface area contributed by atoms with E-state index in [0.29, 0.717) is 0 Å². The lowest BCUT2D eigenvalue weighted by atomic mass is 10.6. The molecule has 0 aromatic rings. The lowest BCUT2D eigenvalue weighted by molar-refractivity contribution is -0.483. The fourth-order valence-electron chi connectivity index (χ4n) is 0.776. The first-order chi connectivity index (χ1) is 3.72. The Morgan fingerprint density at radius 3 is 2.33 bits per heavy atom. The Morgan fingerprint density at radius 1 is 1.67 bits per heavy atom. The van der Waals surface area contributed by atoms with Crippen LogP contribution in [0.4, 0.5) is 0 Å². The number of hydrogen-bond acceptors (Lipinski definition) is 1. The summed E-state index contributed by atoms with van der Waals surface area (Å²) in [6, 6.07) is 0. The zero-order valence-electron chi connectivity index (χ0n) is 5.56. The first kappa shape index (κ1) is 9.93. The third kappa shape index (κ3) is 2.21. The van der Waals surface area contributed by atoms with Gasteiger partial charge in [-0.15, -0.1) is 0 Å². The Bertz CT molecular complexity index is 133. The molecule has 0 saturated heterocycles. The highest BCUT2D eigenvalue weighted by molar-refractivity contribution is 14.1. The van der Waals surface area contributed by atoms with Gasteiger partial charge in [0.2, 0.25) is 0 Å². The fourth-order valence-corrected chi connectivity index (χ4v) is 1.26. The number of amidine groups is 1. The maximum atomic E-state index is 2.35. The second kappa shape index (κ2) is 3.95. The summed E-state index contributed by atoms with van der Waals surface area (Å²) in [6.07, 6.45) is 0. The Hall–Kier alpha value is 0.930. The molecular weight excluding hydrogens is 342 g/mol. The highest BCUT2D eigenvalue weighted by Crippen LogP contribution is 2.01. The molecule has 2 nitrogen and oxygen atoms in total. The largest absolute Gasteiger partial charge is 1.00 e. The average Bonchev–Trinajstić information content (AvgIpc) is 1.98. The van der Waals surface area contributed by atoms with Gasteiger partial charge >= 0.3 is 3.84 Å². The fraction of sp³-hybridized carbons (Fsp3) is 0.800. The van der Waals surface area contributed by atoms with Gasteiger partial charge in [-0.25, -0.2) is 0 Å². The number of hydrogen-bond donors (Lipinski definition) is 0.